The first-order valence-electron chi connectivity index (χ1n) is 11.2. The normalized spacial score (nSPS) is 19.2. The molecule has 2 aromatic rings. The van der Waals surface area contributed by atoms with Crippen LogP contribution in [-0.2, 0) is 0 Å². The number of amides is 2. The number of anilines is 1. The first-order chi connectivity index (χ1) is 15.5. The number of urea groups is 1. The van der Waals surface area contributed by atoms with Crippen LogP contribution in [0.15, 0.2) is 22.7 Å². The molecule has 2 saturated heterocycles. The highest BCUT2D eigenvalue weighted by Crippen LogP contribution is 2.31. The predicted molar refractivity (Wildman–Crippen MR) is 121 cm³/mol. The molecule has 9 heteroatoms. The van der Waals surface area contributed by atoms with Crippen LogP contribution in [0.25, 0.3) is 11.4 Å². The fraction of sp³-hybridized carbons (Fsp3) is 0.522. The third-order valence-corrected chi connectivity index (χ3v) is 6.12. The summed E-state index contributed by atoms with van der Waals surface area (Å²) in [5.41, 5.74) is 2.50. The largest absolute Gasteiger partial charge is 0.382 e. The van der Waals surface area contributed by atoms with Crippen molar-refractivity contribution < 1.29 is 9.32 Å². The van der Waals surface area contributed by atoms with Crippen LogP contribution >= 0.6 is 0 Å². The molecule has 1 atom stereocenters. The highest BCUT2D eigenvalue weighted by Gasteiger charge is 2.34. The Balaban J connectivity index is 1.41. The number of aromatic nitrogens is 2. The summed E-state index contributed by atoms with van der Waals surface area (Å²) in [6.45, 7) is 6.00. The summed E-state index contributed by atoms with van der Waals surface area (Å²) >= 11 is 0. The second kappa shape index (κ2) is 9.39. The minimum atomic E-state index is -0.298. The lowest BCUT2D eigenvalue weighted by Crippen LogP contribution is -2.47. The second-order valence-electron chi connectivity index (χ2n) is 8.73. The Morgan fingerprint density at radius 3 is 2.78 bits per heavy atom. The maximum absolute atomic E-state index is 12.8. The molecule has 4 rings (SSSR count). The third kappa shape index (κ3) is 4.44. The maximum atomic E-state index is 12.8. The number of hydrogen-bond acceptors (Lipinski definition) is 7. The average molecular weight is 436 g/mol. The van der Waals surface area contributed by atoms with Gasteiger partial charge in [-0.15, -0.1) is 0 Å². The summed E-state index contributed by atoms with van der Waals surface area (Å²) in [5.74, 6) is 1.23. The molecule has 0 radical (unpaired) electrons. The van der Waals surface area contributed by atoms with Crippen molar-refractivity contribution in [1.29, 1.82) is 10.7 Å². The number of benzene rings is 1. The van der Waals surface area contributed by atoms with E-state index in [1.165, 1.54) is 6.21 Å². The van der Waals surface area contributed by atoms with Crippen LogP contribution in [0.2, 0.25) is 0 Å². The van der Waals surface area contributed by atoms with Crippen molar-refractivity contribution >= 4 is 17.9 Å². The van der Waals surface area contributed by atoms with Crippen molar-refractivity contribution in [2.45, 2.75) is 57.5 Å². The van der Waals surface area contributed by atoms with Crippen molar-refractivity contribution in [3.05, 3.63) is 29.7 Å². The van der Waals surface area contributed by atoms with Gasteiger partial charge in [-0.1, -0.05) is 17.3 Å². The fourth-order valence-electron chi connectivity index (χ4n) is 4.40. The van der Waals surface area contributed by atoms with Crippen molar-refractivity contribution in [2.24, 2.45) is 0 Å². The molecule has 1 aromatic heterocycles. The molecule has 1 aromatic carbocycles. The van der Waals surface area contributed by atoms with Gasteiger partial charge in [0.1, 0.15) is 6.04 Å². The van der Waals surface area contributed by atoms with Gasteiger partial charge in [-0.05, 0) is 45.6 Å². The van der Waals surface area contributed by atoms with E-state index < -0.39 is 0 Å². The van der Waals surface area contributed by atoms with Crippen molar-refractivity contribution in [1.82, 2.24) is 19.9 Å². The van der Waals surface area contributed by atoms with E-state index in [2.05, 4.69) is 21.5 Å². The van der Waals surface area contributed by atoms with Gasteiger partial charge in [-0.3, -0.25) is 0 Å². The molecule has 1 unspecified atom stereocenters. The molecule has 2 N–H and O–H groups in total. The van der Waals surface area contributed by atoms with Gasteiger partial charge in [-0.25, -0.2) is 4.79 Å². The number of piperidine rings is 1. The van der Waals surface area contributed by atoms with Crippen LogP contribution in [0.4, 0.5) is 10.5 Å². The van der Waals surface area contributed by atoms with Gasteiger partial charge in [0.25, 0.3) is 0 Å². The summed E-state index contributed by atoms with van der Waals surface area (Å²) < 4.78 is 5.58. The lowest BCUT2D eigenvalue weighted by Gasteiger charge is -2.34. The zero-order valence-corrected chi connectivity index (χ0v) is 18.5. The van der Waals surface area contributed by atoms with E-state index in [4.69, 9.17) is 9.93 Å². The number of carbonyl (C=O) groups excluding carboxylic acids is 1. The van der Waals surface area contributed by atoms with Gasteiger partial charge < -0.3 is 25.0 Å². The minimum absolute atomic E-state index is 0.0322. The Bertz CT molecular complexity index is 1020. The van der Waals surface area contributed by atoms with Gasteiger partial charge in [0.2, 0.25) is 11.7 Å². The minimum Gasteiger partial charge on any atom is -0.382 e. The molecule has 0 bridgehead atoms. The summed E-state index contributed by atoms with van der Waals surface area (Å²) in [4.78, 5) is 21.0. The van der Waals surface area contributed by atoms with Gasteiger partial charge in [0, 0.05) is 54.6 Å². The molecular weight excluding hydrogens is 406 g/mol. The van der Waals surface area contributed by atoms with Gasteiger partial charge >= 0.3 is 6.03 Å². The topological polar surface area (TPSA) is 122 Å². The fourth-order valence-corrected chi connectivity index (χ4v) is 4.40. The predicted octanol–water partition coefficient (Wildman–Crippen LogP) is 3.84. The number of nitrogens with one attached hydrogen (secondary N) is 2. The van der Waals surface area contributed by atoms with Crippen LogP contribution in [-0.4, -0.2) is 63.9 Å². The molecule has 32 heavy (non-hydrogen) atoms. The van der Waals surface area contributed by atoms with E-state index in [1.807, 2.05) is 36.9 Å². The zero-order valence-electron chi connectivity index (χ0n) is 18.5. The van der Waals surface area contributed by atoms with Gasteiger partial charge in [0.05, 0.1) is 6.07 Å². The molecule has 2 fully saturated rings. The van der Waals surface area contributed by atoms with Crippen molar-refractivity contribution in [2.75, 3.05) is 25.0 Å². The van der Waals surface area contributed by atoms with E-state index in [0.29, 0.717) is 31.3 Å². The maximum Gasteiger partial charge on any atom is 0.321 e. The Hall–Kier alpha value is -3.41. The van der Waals surface area contributed by atoms with Crippen LogP contribution < -0.4 is 5.32 Å². The van der Waals surface area contributed by atoms with E-state index in [-0.39, 0.29) is 24.0 Å². The SMILES string of the molecule is CC(C)Nc1cc(-c2noc(C3CCN(C(=O)N4CCCC4C#N)CC3)n2)ccc1C=N. The smallest absolute Gasteiger partial charge is 0.321 e. The number of nitriles is 1. The van der Waals surface area contributed by atoms with Crippen molar-refractivity contribution in [3.8, 4) is 17.5 Å². The number of rotatable bonds is 5. The van der Waals surface area contributed by atoms with Crippen molar-refractivity contribution in [3.63, 3.8) is 0 Å². The molecule has 0 saturated carbocycles. The Morgan fingerprint density at radius 1 is 1.31 bits per heavy atom. The van der Waals surface area contributed by atoms with E-state index in [0.717, 1.165) is 42.5 Å². The lowest BCUT2D eigenvalue weighted by atomic mass is 9.97. The van der Waals surface area contributed by atoms with Crippen LogP contribution in [0.1, 0.15) is 56.9 Å². The lowest BCUT2D eigenvalue weighted by molar-refractivity contribution is 0.138. The highest BCUT2D eigenvalue weighted by atomic mass is 16.5. The first kappa shape index (κ1) is 21.8. The van der Waals surface area contributed by atoms with E-state index in [1.54, 1.807) is 4.90 Å². The molecule has 3 heterocycles. The second-order valence-corrected chi connectivity index (χ2v) is 8.73. The van der Waals surface area contributed by atoms with Crippen LogP contribution in [0.5, 0.6) is 0 Å². The third-order valence-electron chi connectivity index (χ3n) is 6.12. The molecule has 2 amide bonds. The van der Waals surface area contributed by atoms with Gasteiger partial charge in [0.15, 0.2) is 0 Å². The summed E-state index contributed by atoms with van der Waals surface area (Å²) in [7, 11) is 0. The molecular formula is C23H29N7O2. The molecule has 168 valence electrons. The highest BCUT2D eigenvalue weighted by molar-refractivity contribution is 5.87. The Labute approximate surface area is 187 Å². The number of carbonyl (C=O) groups is 1. The number of nitrogens with zero attached hydrogens (tertiary/aromatic N) is 5. The number of hydrogen-bond donors (Lipinski definition) is 2. The molecule has 9 nitrogen and oxygen atoms in total. The molecule has 0 aliphatic carbocycles. The molecule has 2 aliphatic heterocycles. The Kier molecular flexibility index (Phi) is 6.40. The summed E-state index contributed by atoms with van der Waals surface area (Å²) in [5, 5.41) is 24.4. The molecule has 0 spiro atoms. The average Bonchev–Trinajstić information content (AvgIpc) is 3.48. The molecule has 2 aliphatic rings. The Morgan fingerprint density at radius 2 is 2.09 bits per heavy atom. The van der Waals surface area contributed by atoms with E-state index in [9.17, 15) is 10.1 Å². The quantitative estimate of drug-likeness (QED) is 0.688. The number of likely N-dealkylation sites (tertiary alicyclic amines) is 2. The first-order valence-corrected chi connectivity index (χ1v) is 11.2. The standard InChI is InChI=1S/C23H29N7O2/c1-15(2)26-20-12-17(5-6-18(20)13-24)21-27-22(32-28-21)16-7-10-29(11-8-16)23(31)30-9-3-4-19(30)14-25/h5-6,12-13,15-16,19,24,26H,3-4,7-11H2,1-2H3. The zero-order chi connectivity index (χ0) is 22.7. The summed E-state index contributed by atoms with van der Waals surface area (Å²) in [6.07, 6.45) is 4.49. The van der Waals surface area contributed by atoms with Gasteiger partial charge in [-0.2, -0.15) is 10.2 Å². The van der Waals surface area contributed by atoms with E-state index >= 15 is 0 Å². The van der Waals surface area contributed by atoms with Crippen LogP contribution in [0, 0.1) is 16.7 Å². The van der Waals surface area contributed by atoms with Crippen LogP contribution in [0.3, 0.4) is 0 Å². The monoisotopic (exact) mass is 435 g/mol. The summed E-state index contributed by atoms with van der Waals surface area (Å²) in [6, 6.07) is 7.85.